The number of benzene rings is 3. The van der Waals surface area contributed by atoms with Crippen molar-refractivity contribution in [3.05, 3.63) is 108 Å². The fourth-order valence-electron chi connectivity index (χ4n) is 3.97. The molecule has 0 aliphatic heterocycles. The van der Waals surface area contributed by atoms with Crippen LogP contribution in [0.5, 0.6) is 0 Å². The maximum absolute atomic E-state index is 12.0. The Morgan fingerprint density at radius 1 is 0.875 bits per heavy atom. The Morgan fingerprint density at radius 2 is 1.65 bits per heavy atom. The molecule has 0 fully saturated rings. The second kappa shape index (κ2) is 13.7. The van der Waals surface area contributed by atoms with E-state index in [2.05, 4.69) is 10.1 Å². The lowest BCUT2D eigenvalue weighted by Crippen LogP contribution is -2.42. The SMILES string of the molecule is COC(=O)CCc1ccc2oc(CC(NC(=O)OCc3ccccc3)C(=O)O)cc2c1.c1ccc2occc2c1. The van der Waals surface area contributed by atoms with Gasteiger partial charge in [0.2, 0.25) is 0 Å². The van der Waals surface area contributed by atoms with Crippen LogP contribution in [0.15, 0.2) is 100 Å². The number of hydrogen-bond acceptors (Lipinski definition) is 7. The molecule has 40 heavy (non-hydrogen) atoms. The number of furan rings is 2. The minimum absolute atomic E-state index is 0.0397. The number of alkyl carbamates (subject to hydrolysis) is 1. The number of carboxylic acid groups (broad SMARTS) is 1. The first kappa shape index (κ1) is 28.0. The number of esters is 1. The number of carbonyl (C=O) groups is 3. The molecule has 1 unspecified atom stereocenters. The Labute approximate surface area is 230 Å². The highest BCUT2D eigenvalue weighted by Gasteiger charge is 2.23. The zero-order valence-electron chi connectivity index (χ0n) is 21.9. The Bertz CT molecular complexity index is 1540. The van der Waals surface area contributed by atoms with Crippen molar-refractivity contribution < 1.29 is 37.8 Å². The lowest BCUT2D eigenvalue weighted by Gasteiger charge is -2.13. The fraction of sp³-hybridized carbons (Fsp3) is 0.194. The third kappa shape index (κ3) is 7.97. The first-order valence-electron chi connectivity index (χ1n) is 12.6. The highest BCUT2D eigenvalue weighted by Crippen LogP contribution is 2.23. The predicted octanol–water partition coefficient (Wildman–Crippen LogP) is 5.89. The Kier molecular flexibility index (Phi) is 9.55. The fourth-order valence-corrected chi connectivity index (χ4v) is 3.97. The zero-order chi connectivity index (χ0) is 28.3. The van der Waals surface area contributed by atoms with Gasteiger partial charge in [-0.1, -0.05) is 54.6 Å². The third-order valence-corrected chi connectivity index (χ3v) is 6.05. The first-order chi connectivity index (χ1) is 19.4. The van der Waals surface area contributed by atoms with E-state index in [1.807, 2.05) is 60.7 Å². The molecule has 0 saturated heterocycles. The molecule has 5 aromatic rings. The molecule has 9 nitrogen and oxygen atoms in total. The quantitative estimate of drug-likeness (QED) is 0.220. The smallest absolute Gasteiger partial charge is 0.408 e. The van der Waals surface area contributed by atoms with Gasteiger partial charge in [0, 0.05) is 23.6 Å². The summed E-state index contributed by atoms with van der Waals surface area (Å²) in [5.74, 6) is -1.07. The second-order valence-corrected chi connectivity index (χ2v) is 8.92. The van der Waals surface area contributed by atoms with E-state index in [0.717, 1.165) is 27.5 Å². The molecule has 206 valence electrons. The summed E-state index contributed by atoms with van der Waals surface area (Å²) in [6.07, 6.45) is 1.63. The van der Waals surface area contributed by atoms with Crippen molar-refractivity contribution in [1.82, 2.24) is 5.32 Å². The van der Waals surface area contributed by atoms with Gasteiger partial charge < -0.3 is 28.7 Å². The molecule has 0 aliphatic carbocycles. The minimum atomic E-state index is -1.21. The molecule has 1 amide bonds. The number of amides is 1. The number of fused-ring (bicyclic) bond motifs is 2. The van der Waals surface area contributed by atoms with E-state index in [-0.39, 0.29) is 25.4 Å². The topological polar surface area (TPSA) is 128 Å². The summed E-state index contributed by atoms with van der Waals surface area (Å²) in [4.78, 5) is 34.9. The maximum Gasteiger partial charge on any atom is 0.408 e. The van der Waals surface area contributed by atoms with Gasteiger partial charge in [0.1, 0.15) is 29.6 Å². The molecule has 0 spiro atoms. The number of methoxy groups -OCH3 is 1. The van der Waals surface area contributed by atoms with E-state index in [9.17, 15) is 19.5 Å². The number of nitrogens with one attached hydrogen (secondary N) is 1. The summed E-state index contributed by atoms with van der Waals surface area (Å²) in [5, 5.41) is 13.8. The van der Waals surface area contributed by atoms with Crippen molar-refractivity contribution in [2.45, 2.75) is 31.9 Å². The van der Waals surface area contributed by atoms with Crippen LogP contribution in [0.3, 0.4) is 0 Å². The van der Waals surface area contributed by atoms with Crippen LogP contribution in [0.2, 0.25) is 0 Å². The van der Waals surface area contributed by atoms with Gasteiger partial charge in [-0.3, -0.25) is 4.79 Å². The number of carboxylic acids is 1. The summed E-state index contributed by atoms with van der Waals surface area (Å²) in [6, 6.07) is 25.0. The van der Waals surface area contributed by atoms with Crippen LogP contribution >= 0.6 is 0 Å². The summed E-state index contributed by atoms with van der Waals surface area (Å²) < 4.78 is 20.6. The largest absolute Gasteiger partial charge is 0.480 e. The van der Waals surface area contributed by atoms with Crippen molar-refractivity contribution in [2.75, 3.05) is 7.11 Å². The molecule has 0 saturated carbocycles. The molecule has 9 heteroatoms. The monoisotopic (exact) mass is 543 g/mol. The zero-order valence-corrected chi connectivity index (χ0v) is 21.9. The summed E-state index contributed by atoms with van der Waals surface area (Å²) in [5.41, 5.74) is 3.28. The van der Waals surface area contributed by atoms with Gasteiger partial charge in [0.25, 0.3) is 0 Å². The van der Waals surface area contributed by atoms with E-state index in [4.69, 9.17) is 13.6 Å². The Hall–Kier alpha value is -5.05. The highest BCUT2D eigenvalue weighted by molar-refractivity contribution is 5.82. The Balaban J connectivity index is 0.000000343. The summed E-state index contributed by atoms with van der Waals surface area (Å²) in [6.45, 7) is 0.0397. The molecule has 0 radical (unpaired) electrons. The number of aryl methyl sites for hydroxylation is 1. The molecule has 1 atom stereocenters. The van der Waals surface area contributed by atoms with Gasteiger partial charge in [-0.15, -0.1) is 0 Å². The van der Waals surface area contributed by atoms with Gasteiger partial charge in [-0.05, 0) is 47.9 Å². The first-order valence-corrected chi connectivity index (χ1v) is 12.6. The summed E-state index contributed by atoms with van der Waals surface area (Å²) in [7, 11) is 1.35. The number of ether oxygens (including phenoxy) is 2. The molecule has 2 aromatic heterocycles. The normalized spacial score (nSPS) is 11.3. The standard InChI is InChI=1S/C23H23NO7.C8H6O/c1-29-21(25)10-8-15-7-9-20-17(11-15)12-18(31-20)13-19(22(26)27)24-23(28)30-14-16-5-3-2-4-6-16;1-2-4-8-7(3-1)5-6-9-8/h2-7,9,11-12,19H,8,10,13-14H2,1H3,(H,24,28)(H,26,27);1-6H. The molecule has 5 rings (SSSR count). The molecule has 2 heterocycles. The maximum atomic E-state index is 12.0. The highest BCUT2D eigenvalue weighted by atomic mass is 16.5. The lowest BCUT2D eigenvalue weighted by molar-refractivity contribution is -0.141. The molecular weight excluding hydrogens is 514 g/mol. The average Bonchev–Trinajstić information content (AvgIpc) is 3.61. The predicted molar refractivity (Wildman–Crippen MR) is 148 cm³/mol. The van der Waals surface area contributed by atoms with Crippen molar-refractivity contribution in [3.63, 3.8) is 0 Å². The van der Waals surface area contributed by atoms with E-state index in [1.54, 1.807) is 30.5 Å². The van der Waals surface area contributed by atoms with Crippen LogP contribution in [0.1, 0.15) is 23.3 Å². The molecule has 0 aliphatic rings. The molecule has 3 aromatic carbocycles. The second-order valence-electron chi connectivity index (χ2n) is 8.92. The molecule has 0 bridgehead atoms. The summed E-state index contributed by atoms with van der Waals surface area (Å²) >= 11 is 0. The van der Waals surface area contributed by atoms with E-state index in [1.165, 1.54) is 7.11 Å². The van der Waals surface area contributed by atoms with E-state index in [0.29, 0.717) is 17.8 Å². The Morgan fingerprint density at radius 3 is 2.40 bits per heavy atom. The van der Waals surface area contributed by atoms with Gasteiger partial charge in [0.15, 0.2) is 0 Å². The van der Waals surface area contributed by atoms with Crippen molar-refractivity contribution in [3.8, 4) is 0 Å². The number of carbonyl (C=O) groups excluding carboxylic acids is 2. The number of hydrogen-bond donors (Lipinski definition) is 2. The van der Waals surface area contributed by atoms with Crippen LogP contribution in [-0.2, 0) is 38.5 Å². The van der Waals surface area contributed by atoms with Crippen LogP contribution in [-0.4, -0.2) is 36.3 Å². The van der Waals surface area contributed by atoms with E-state index >= 15 is 0 Å². The van der Waals surface area contributed by atoms with Gasteiger partial charge >= 0.3 is 18.0 Å². The van der Waals surface area contributed by atoms with Crippen LogP contribution in [0, 0.1) is 0 Å². The minimum Gasteiger partial charge on any atom is -0.480 e. The number of rotatable bonds is 9. The number of para-hydroxylation sites is 1. The van der Waals surface area contributed by atoms with Crippen molar-refractivity contribution in [1.29, 1.82) is 0 Å². The average molecular weight is 544 g/mol. The van der Waals surface area contributed by atoms with Crippen LogP contribution in [0.4, 0.5) is 4.79 Å². The molecule has 2 N–H and O–H groups in total. The van der Waals surface area contributed by atoms with Crippen molar-refractivity contribution in [2.24, 2.45) is 0 Å². The van der Waals surface area contributed by atoms with Crippen LogP contribution in [0.25, 0.3) is 21.9 Å². The number of aliphatic carboxylic acids is 1. The van der Waals surface area contributed by atoms with Gasteiger partial charge in [-0.2, -0.15) is 0 Å². The van der Waals surface area contributed by atoms with Crippen LogP contribution < -0.4 is 5.32 Å². The lowest BCUT2D eigenvalue weighted by atomic mass is 10.1. The van der Waals surface area contributed by atoms with Crippen molar-refractivity contribution >= 4 is 40.0 Å². The molecular formula is C31H29NO8. The van der Waals surface area contributed by atoms with E-state index < -0.39 is 18.1 Å². The van der Waals surface area contributed by atoms with Gasteiger partial charge in [0.05, 0.1) is 13.4 Å². The third-order valence-electron chi connectivity index (χ3n) is 6.05. The van der Waals surface area contributed by atoms with Gasteiger partial charge in [-0.25, -0.2) is 9.59 Å².